The van der Waals surface area contributed by atoms with E-state index in [1.54, 1.807) is 0 Å². The van der Waals surface area contributed by atoms with E-state index in [-0.39, 0.29) is 15.7 Å². The number of aromatic nitrogens is 2. The van der Waals surface area contributed by atoms with Crippen molar-refractivity contribution in [3.63, 3.8) is 0 Å². The molecule has 0 aliphatic carbocycles. The van der Waals surface area contributed by atoms with Crippen molar-refractivity contribution >= 4 is 27.2 Å². The van der Waals surface area contributed by atoms with Gasteiger partial charge in [0.1, 0.15) is 10.0 Å². The summed E-state index contributed by atoms with van der Waals surface area (Å²) in [4.78, 5) is 10.8. The zero-order valence-electron chi connectivity index (χ0n) is 9.06. The number of ketones is 1. The highest BCUT2D eigenvalue weighted by molar-refractivity contribution is 7.93. The first kappa shape index (κ1) is 13.1. The highest BCUT2D eigenvalue weighted by Gasteiger charge is 2.33. The number of sulfone groups is 1. The summed E-state index contributed by atoms with van der Waals surface area (Å²) in [7, 11) is -2.46. The Kier molecular flexibility index (Phi) is 3.41. The lowest BCUT2D eigenvalue weighted by molar-refractivity contribution is -0.116. The Labute approximate surface area is 98.3 Å². The van der Waals surface area contributed by atoms with Crippen LogP contribution in [-0.4, -0.2) is 29.4 Å². The van der Waals surface area contributed by atoms with Crippen molar-refractivity contribution in [2.45, 2.75) is 24.1 Å². The maximum Gasteiger partial charge on any atom is 0.206 e. The average Bonchev–Trinajstić information content (AvgIpc) is 2.39. The van der Waals surface area contributed by atoms with Crippen LogP contribution < -0.4 is 5.73 Å². The van der Waals surface area contributed by atoms with Crippen LogP contribution in [0.1, 0.15) is 12.6 Å². The molecule has 6 nitrogen and oxygen atoms in total. The standard InChI is InChI=1S/C8H12ClN3O3S/c1-4-6(7(9)12(3)11-4)16(14,15)8(10)5(2)13/h8H,10H2,1-3H3. The molecule has 0 amide bonds. The largest absolute Gasteiger partial charge is 0.309 e. The Hall–Kier alpha value is -0.920. The quantitative estimate of drug-likeness (QED) is 0.832. The Morgan fingerprint density at radius 3 is 2.38 bits per heavy atom. The van der Waals surface area contributed by atoms with Crippen LogP contribution in [-0.2, 0) is 21.7 Å². The van der Waals surface area contributed by atoms with Crippen molar-refractivity contribution < 1.29 is 13.2 Å². The van der Waals surface area contributed by atoms with Crippen LogP contribution in [0.3, 0.4) is 0 Å². The first-order chi connectivity index (χ1) is 7.19. The van der Waals surface area contributed by atoms with E-state index in [4.69, 9.17) is 17.3 Å². The lowest BCUT2D eigenvalue weighted by atomic mass is 10.5. The van der Waals surface area contributed by atoms with Gasteiger partial charge in [-0.2, -0.15) is 5.10 Å². The smallest absolute Gasteiger partial charge is 0.206 e. The van der Waals surface area contributed by atoms with Gasteiger partial charge in [-0.15, -0.1) is 0 Å². The van der Waals surface area contributed by atoms with Gasteiger partial charge in [-0.1, -0.05) is 11.6 Å². The molecule has 0 aliphatic heterocycles. The predicted molar refractivity (Wildman–Crippen MR) is 58.8 cm³/mol. The molecule has 0 aliphatic rings. The number of carbonyl (C=O) groups is 1. The third kappa shape index (κ3) is 1.98. The molecule has 90 valence electrons. The molecule has 1 atom stereocenters. The second kappa shape index (κ2) is 4.15. The minimum atomic E-state index is -3.97. The summed E-state index contributed by atoms with van der Waals surface area (Å²) in [6.45, 7) is 2.60. The van der Waals surface area contributed by atoms with Gasteiger partial charge in [0.25, 0.3) is 0 Å². The fourth-order valence-electron chi connectivity index (χ4n) is 1.28. The zero-order valence-corrected chi connectivity index (χ0v) is 10.6. The molecule has 1 aromatic rings. The van der Waals surface area contributed by atoms with E-state index in [1.807, 2.05) is 0 Å². The molecular formula is C8H12ClN3O3S. The van der Waals surface area contributed by atoms with E-state index in [9.17, 15) is 13.2 Å². The Bertz CT molecular complexity index is 535. The second-order valence-electron chi connectivity index (χ2n) is 3.41. The molecule has 16 heavy (non-hydrogen) atoms. The van der Waals surface area contributed by atoms with Gasteiger partial charge < -0.3 is 5.73 Å². The molecule has 2 N–H and O–H groups in total. The maximum atomic E-state index is 11.9. The van der Waals surface area contributed by atoms with Crippen LogP contribution >= 0.6 is 11.6 Å². The number of aryl methyl sites for hydroxylation is 2. The third-order valence-electron chi connectivity index (χ3n) is 2.12. The number of hydrogen-bond acceptors (Lipinski definition) is 5. The Balaban J connectivity index is 3.44. The molecule has 0 fully saturated rings. The minimum Gasteiger partial charge on any atom is -0.309 e. The predicted octanol–water partition coefficient (Wildman–Crippen LogP) is 0.0294. The second-order valence-corrected chi connectivity index (χ2v) is 5.77. The lowest BCUT2D eigenvalue weighted by Gasteiger charge is -2.09. The molecule has 8 heteroatoms. The van der Waals surface area contributed by atoms with Crippen molar-refractivity contribution in [1.29, 1.82) is 0 Å². The zero-order chi connectivity index (χ0) is 12.7. The SMILES string of the molecule is CC(=O)C(N)S(=O)(=O)c1c(C)nn(C)c1Cl. The molecule has 0 bridgehead atoms. The molecule has 0 radical (unpaired) electrons. The van der Waals surface area contributed by atoms with Crippen LogP contribution in [0.2, 0.25) is 5.15 Å². The number of nitrogens with zero attached hydrogens (tertiary/aromatic N) is 2. The van der Waals surface area contributed by atoms with E-state index in [0.717, 1.165) is 6.92 Å². The molecule has 0 aromatic carbocycles. The summed E-state index contributed by atoms with van der Waals surface area (Å²) in [5.74, 6) is -0.640. The number of rotatable bonds is 3. The summed E-state index contributed by atoms with van der Waals surface area (Å²) in [5.41, 5.74) is 5.57. The van der Waals surface area contributed by atoms with Gasteiger partial charge in [0.15, 0.2) is 11.2 Å². The molecule has 0 saturated heterocycles. The number of hydrogen-bond donors (Lipinski definition) is 1. The molecule has 0 saturated carbocycles. The number of nitrogens with two attached hydrogens (primary N) is 1. The van der Waals surface area contributed by atoms with Crippen molar-refractivity contribution in [1.82, 2.24) is 9.78 Å². The van der Waals surface area contributed by atoms with Crippen LogP contribution in [0.5, 0.6) is 0 Å². The fourth-order valence-corrected chi connectivity index (χ4v) is 3.29. The van der Waals surface area contributed by atoms with Gasteiger partial charge in [0.2, 0.25) is 9.84 Å². The van der Waals surface area contributed by atoms with E-state index < -0.39 is 21.0 Å². The van der Waals surface area contributed by atoms with E-state index in [0.29, 0.717) is 0 Å². The molecule has 1 unspecified atom stereocenters. The van der Waals surface area contributed by atoms with Crippen molar-refractivity contribution in [3.05, 3.63) is 10.8 Å². The number of carbonyl (C=O) groups excluding carboxylic acids is 1. The summed E-state index contributed by atoms with van der Waals surface area (Å²) in [5, 5.41) is 2.21. The number of halogens is 1. The monoisotopic (exact) mass is 265 g/mol. The maximum absolute atomic E-state index is 11.9. The van der Waals surface area contributed by atoms with Crippen LogP contribution in [0.25, 0.3) is 0 Å². The van der Waals surface area contributed by atoms with Gasteiger partial charge in [-0.25, -0.2) is 8.42 Å². The molecular weight excluding hydrogens is 254 g/mol. The fraction of sp³-hybridized carbons (Fsp3) is 0.500. The highest BCUT2D eigenvalue weighted by atomic mass is 35.5. The molecule has 1 aromatic heterocycles. The summed E-state index contributed by atoms with van der Waals surface area (Å²) < 4.78 is 25.1. The Morgan fingerprint density at radius 2 is 2.06 bits per heavy atom. The average molecular weight is 266 g/mol. The van der Waals surface area contributed by atoms with Crippen molar-refractivity contribution in [2.24, 2.45) is 12.8 Å². The third-order valence-corrected chi connectivity index (χ3v) is 4.72. The topological polar surface area (TPSA) is 95.1 Å². The van der Waals surface area contributed by atoms with Crippen LogP contribution in [0.15, 0.2) is 4.90 Å². The first-order valence-electron chi connectivity index (χ1n) is 4.38. The van der Waals surface area contributed by atoms with Gasteiger partial charge in [-0.05, 0) is 13.8 Å². The van der Waals surface area contributed by atoms with Gasteiger partial charge in [0.05, 0.1) is 5.69 Å². The normalized spacial score (nSPS) is 13.8. The van der Waals surface area contributed by atoms with Crippen molar-refractivity contribution in [3.8, 4) is 0 Å². The van der Waals surface area contributed by atoms with E-state index >= 15 is 0 Å². The summed E-state index contributed by atoms with van der Waals surface area (Å²) in [6.07, 6.45) is 0. The van der Waals surface area contributed by atoms with Crippen LogP contribution in [0, 0.1) is 6.92 Å². The van der Waals surface area contributed by atoms with Gasteiger partial charge in [-0.3, -0.25) is 9.48 Å². The van der Waals surface area contributed by atoms with E-state index in [2.05, 4.69) is 5.10 Å². The molecule has 0 spiro atoms. The highest BCUT2D eigenvalue weighted by Crippen LogP contribution is 2.26. The summed E-state index contributed by atoms with van der Waals surface area (Å²) in [6, 6.07) is 0. The van der Waals surface area contributed by atoms with Gasteiger partial charge in [0, 0.05) is 7.05 Å². The molecule has 1 rings (SSSR count). The van der Waals surface area contributed by atoms with Gasteiger partial charge >= 0.3 is 0 Å². The Morgan fingerprint density at radius 1 is 1.56 bits per heavy atom. The minimum absolute atomic E-state index is 0.0470. The van der Waals surface area contributed by atoms with E-state index in [1.165, 1.54) is 18.7 Å². The molecule has 1 heterocycles. The first-order valence-corrected chi connectivity index (χ1v) is 6.31. The van der Waals surface area contributed by atoms with Crippen LogP contribution in [0.4, 0.5) is 0 Å². The number of Topliss-reactive ketones (excluding diaryl/α,β-unsaturated/α-hetero) is 1. The van der Waals surface area contributed by atoms with Crippen molar-refractivity contribution in [2.75, 3.05) is 0 Å². The summed E-state index contributed by atoms with van der Waals surface area (Å²) >= 11 is 5.80. The lowest BCUT2D eigenvalue weighted by Crippen LogP contribution is -2.37.